The number of hydrogen-bond acceptors (Lipinski definition) is 9. The Morgan fingerprint density at radius 3 is 2.42 bits per heavy atom. The third-order valence-electron chi connectivity index (χ3n) is 4.77. The van der Waals surface area contributed by atoms with Crippen molar-refractivity contribution in [2.75, 3.05) is 13.2 Å². The maximum absolute atomic E-state index is 12.7. The van der Waals surface area contributed by atoms with Crippen LogP contribution in [-0.4, -0.2) is 35.2 Å². The first-order valence-corrected chi connectivity index (χ1v) is 11.8. The SMILES string of the molecule is C=CCOc1ccc(C(=O)N/N=C/c2cc(Br)ccc2Oc2ccc([N+](=O)[O-])cc2[N+](=O)[O-])cc1OCC. The van der Waals surface area contributed by atoms with Crippen LogP contribution >= 0.6 is 15.9 Å². The van der Waals surface area contributed by atoms with Crippen LogP contribution in [0.1, 0.15) is 22.8 Å². The molecule has 0 aromatic heterocycles. The van der Waals surface area contributed by atoms with Crippen LogP contribution in [0.15, 0.2) is 76.8 Å². The highest BCUT2D eigenvalue weighted by atomic mass is 79.9. The number of hydrazone groups is 1. The average molecular weight is 585 g/mol. The van der Waals surface area contributed by atoms with Crippen molar-refractivity contribution in [3.63, 3.8) is 0 Å². The van der Waals surface area contributed by atoms with Crippen LogP contribution < -0.4 is 19.6 Å². The van der Waals surface area contributed by atoms with Gasteiger partial charge in [-0.05, 0) is 49.4 Å². The molecule has 0 unspecified atom stereocenters. The summed E-state index contributed by atoms with van der Waals surface area (Å²) in [4.78, 5) is 33.6. The zero-order chi connectivity index (χ0) is 27.7. The number of non-ortho nitro benzene ring substituents is 1. The Labute approximate surface area is 225 Å². The largest absolute Gasteiger partial charge is 0.490 e. The molecular formula is C25H21BrN4O8. The van der Waals surface area contributed by atoms with E-state index < -0.39 is 27.1 Å². The lowest BCUT2D eigenvalue weighted by atomic mass is 10.2. The molecule has 0 aliphatic rings. The van der Waals surface area contributed by atoms with Crippen LogP contribution in [0, 0.1) is 20.2 Å². The first kappa shape index (κ1) is 27.8. The van der Waals surface area contributed by atoms with Gasteiger partial charge in [-0.25, -0.2) is 5.43 Å². The van der Waals surface area contributed by atoms with Gasteiger partial charge in [-0.15, -0.1) is 0 Å². The number of nitrogens with one attached hydrogen (secondary N) is 1. The van der Waals surface area contributed by atoms with Gasteiger partial charge in [-0.1, -0.05) is 28.6 Å². The van der Waals surface area contributed by atoms with Crippen LogP contribution in [0.3, 0.4) is 0 Å². The molecule has 0 bridgehead atoms. The van der Waals surface area contributed by atoms with Gasteiger partial charge in [0.25, 0.3) is 11.6 Å². The van der Waals surface area contributed by atoms with E-state index in [0.29, 0.717) is 28.1 Å². The minimum atomic E-state index is -0.778. The van der Waals surface area contributed by atoms with Gasteiger partial charge < -0.3 is 14.2 Å². The van der Waals surface area contributed by atoms with Crippen LogP contribution in [0.4, 0.5) is 11.4 Å². The number of carbonyl (C=O) groups is 1. The number of nitro groups is 2. The molecule has 0 atom stereocenters. The number of halogens is 1. The standard InChI is InChI=1S/C25H21BrN4O8/c1-3-11-37-23-8-5-16(13-24(23)36-4-2)25(31)28-27-15-17-12-18(26)6-9-21(17)38-22-10-7-19(29(32)33)14-20(22)30(34)35/h3,5-10,12-15H,1,4,11H2,2H3,(H,28,31)/b27-15+. The second kappa shape index (κ2) is 13.0. The van der Waals surface area contributed by atoms with Gasteiger partial charge >= 0.3 is 5.69 Å². The van der Waals surface area contributed by atoms with E-state index in [-0.39, 0.29) is 23.7 Å². The van der Waals surface area contributed by atoms with Crippen molar-refractivity contribution in [2.24, 2.45) is 5.10 Å². The Morgan fingerprint density at radius 1 is 1.00 bits per heavy atom. The molecule has 3 aromatic carbocycles. The summed E-state index contributed by atoms with van der Waals surface area (Å²) in [6, 6.07) is 12.5. The molecule has 13 heteroatoms. The lowest BCUT2D eigenvalue weighted by Gasteiger charge is -2.12. The highest BCUT2D eigenvalue weighted by Gasteiger charge is 2.22. The predicted octanol–water partition coefficient (Wildman–Crippen LogP) is 5.79. The highest BCUT2D eigenvalue weighted by molar-refractivity contribution is 9.10. The molecule has 0 fully saturated rings. The smallest absolute Gasteiger partial charge is 0.318 e. The lowest BCUT2D eigenvalue weighted by molar-refractivity contribution is -0.394. The van der Waals surface area contributed by atoms with E-state index in [0.717, 1.165) is 18.2 Å². The number of hydrogen-bond donors (Lipinski definition) is 1. The topological polar surface area (TPSA) is 155 Å². The molecule has 12 nitrogen and oxygen atoms in total. The highest BCUT2D eigenvalue weighted by Crippen LogP contribution is 2.36. The average Bonchev–Trinajstić information content (AvgIpc) is 2.89. The number of nitrogens with zero attached hydrogens (tertiary/aromatic N) is 3. The fourth-order valence-corrected chi connectivity index (χ4v) is 3.47. The van der Waals surface area contributed by atoms with Gasteiger partial charge in [-0.3, -0.25) is 25.0 Å². The van der Waals surface area contributed by atoms with E-state index in [1.54, 1.807) is 37.3 Å². The molecule has 1 N–H and O–H groups in total. The molecule has 0 saturated carbocycles. The van der Waals surface area contributed by atoms with Gasteiger partial charge in [0.2, 0.25) is 5.75 Å². The van der Waals surface area contributed by atoms with E-state index >= 15 is 0 Å². The molecule has 0 aliphatic carbocycles. The van der Waals surface area contributed by atoms with Crippen molar-refractivity contribution < 1.29 is 28.9 Å². The number of rotatable bonds is 12. The van der Waals surface area contributed by atoms with E-state index in [1.807, 2.05) is 0 Å². The zero-order valence-electron chi connectivity index (χ0n) is 20.0. The maximum atomic E-state index is 12.7. The molecule has 1 amide bonds. The minimum Gasteiger partial charge on any atom is -0.490 e. The Bertz CT molecular complexity index is 1410. The van der Waals surface area contributed by atoms with E-state index in [1.165, 1.54) is 18.3 Å². The predicted molar refractivity (Wildman–Crippen MR) is 142 cm³/mol. The molecular weight excluding hydrogens is 564 g/mol. The molecule has 3 aromatic rings. The van der Waals surface area contributed by atoms with Gasteiger partial charge in [-0.2, -0.15) is 5.10 Å². The van der Waals surface area contributed by atoms with Crippen LogP contribution in [-0.2, 0) is 0 Å². The van der Waals surface area contributed by atoms with Crippen LogP contribution in [0.2, 0.25) is 0 Å². The monoisotopic (exact) mass is 584 g/mol. The summed E-state index contributed by atoms with van der Waals surface area (Å²) >= 11 is 3.33. The number of amides is 1. The zero-order valence-corrected chi connectivity index (χ0v) is 21.5. The third kappa shape index (κ3) is 7.13. The number of nitro benzene ring substituents is 2. The Kier molecular flexibility index (Phi) is 9.48. The van der Waals surface area contributed by atoms with Gasteiger partial charge in [0.05, 0.1) is 28.7 Å². The van der Waals surface area contributed by atoms with Crippen molar-refractivity contribution in [1.29, 1.82) is 0 Å². The molecule has 0 heterocycles. The van der Waals surface area contributed by atoms with Crippen molar-refractivity contribution >= 4 is 39.4 Å². The second-order valence-corrected chi connectivity index (χ2v) is 8.26. The summed E-state index contributed by atoms with van der Waals surface area (Å²) in [5.74, 6) is 0.275. The van der Waals surface area contributed by atoms with Crippen molar-refractivity contribution in [1.82, 2.24) is 5.43 Å². The second-order valence-electron chi connectivity index (χ2n) is 7.34. The molecule has 0 spiro atoms. The Hall–Kier alpha value is -4.78. The maximum Gasteiger partial charge on any atom is 0.318 e. The quantitative estimate of drug-likeness (QED) is 0.121. The Balaban J connectivity index is 1.82. The molecule has 0 saturated heterocycles. The fourth-order valence-electron chi connectivity index (χ4n) is 3.09. The first-order chi connectivity index (χ1) is 18.2. The van der Waals surface area contributed by atoms with Crippen molar-refractivity contribution in [3.05, 3.63) is 103 Å². The normalized spacial score (nSPS) is 10.6. The summed E-state index contributed by atoms with van der Waals surface area (Å²) < 4.78 is 17.4. The van der Waals surface area contributed by atoms with Gasteiger partial charge in [0.1, 0.15) is 12.4 Å². The van der Waals surface area contributed by atoms with Crippen LogP contribution in [0.25, 0.3) is 0 Å². The van der Waals surface area contributed by atoms with Gasteiger partial charge in [0, 0.05) is 21.7 Å². The van der Waals surface area contributed by atoms with E-state index in [2.05, 4.69) is 33.0 Å². The number of benzene rings is 3. The molecule has 0 aliphatic heterocycles. The molecule has 38 heavy (non-hydrogen) atoms. The molecule has 3 rings (SSSR count). The summed E-state index contributed by atoms with van der Waals surface area (Å²) in [5, 5.41) is 26.4. The lowest BCUT2D eigenvalue weighted by Crippen LogP contribution is -2.18. The number of carbonyl (C=O) groups excluding carboxylic acids is 1. The van der Waals surface area contributed by atoms with Gasteiger partial charge in [0.15, 0.2) is 11.5 Å². The summed E-state index contributed by atoms with van der Waals surface area (Å²) in [6.07, 6.45) is 2.88. The number of ether oxygens (including phenoxy) is 3. The van der Waals surface area contributed by atoms with Crippen molar-refractivity contribution in [3.8, 4) is 23.0 Å². The summed E-state index contributed by atoms with van der Waals surface area (Å²) in [7, 11) is 0. The fraction of sp³-hybridized carbons (Fsp3) is 0.120. The Morgan fingerprint density at radius 2 is 1.74 bits per heavy atom. The summed E-state index contributed by atoms with van der Waals surface area (Å²) in [5.41, 5.74) is 2.00. The minimum absolute atomic E-state index is 0.158. The third-order valence-corrected chi connectivity index (χ3v) is 5.27. The van der Waals surface area contributed by atoms with Crippen molar-refractivity contribution in [2.45, 2.75) is 6.92 Å². The van der Waals surface area contributed by atoms with Crippen LogP contribution in [0.5, 0.6) is 23.0 Å². The molecule has 0 radical (unpaired) electrons. The summed E-state index contributed by atoms with van der Waals surface area (Å²) in [6.45, 7) is 6.04. The first-order valence-electron chi connectivity index (χ1n) is 11.0. The van der Waals surface area contributed by atoms with E-state index in [4.69, 9.17) is 14.2 Å². The van der Waals surface area contributed by atoms with E-state index in [9.17, 15) is 25.0 Å². The molecule has 196 valence electrons.